The van der Waals surface area contributed by atoms with Crippen LogP contribution in [0.15, 0.2) is 22.7 Å². The molecule has 1 amide bonds. The van der Waals surface area contributed by atoms with Crippen molar-refractivity contribution in [3.05, 3.63) is 28.2 Å². The van der Waals surface area contributed by atoms with Crippen LogP contribution in [0.1, 0.15) is 29.6 Å². The molecule has 0 aliphatic heterocycles. The maximum absolute atomic E-state index is 11.8. The summed E-state index contributed by atoms with van der Waals surface area (Å²) >= 11 is 3.24. The number of hydrogen-bond acceptors (Lipinski definition) is 3. The van der Waals surface area contributed by atoms with E-state index in [-0.39, 0.29) is 23.9 Å². The van der Waals surface area contributed by atoms with Crippen LogP contribution in [0.3, 0.4) is 0 Å². The highest BCUT2D eigenvalue weighted by atomic mass is 79.9. The molecule has 4 N–H and O–H groups in total. The van der Waals surface area contributed by atoms with Crippen LogP contribution in [0.4, 0.5) is 5.69 Å². The van der Waals surface area contributed by atoms with Crippen molar-refractivity contribution < 1.29 is 14.7 Å². The summed E-state index contributed by atoms with van der Waals surface area (Å²) in [4.78, 5) is 22.6. The smallest absolute Gasteiger partial charge is 0.335 e. The molecular formula is C13H15BrN2O3. The fraction of sp³-hybridized carbons (Fsp3) is 0.385. The molecule has 1 atom stereocenters. The highest BCUT2D eigenvalue weighted by molar-refractivity contribution is 9.10. The fourth-order valence-electron chi connectivity index (χ4n) is 1.86. The summed E-state index contributed by atoms with van der Waals surface area (Å²) in [6.45, 7) is 0. The monoisotopic (exact) mass is 326 g/mol. The molecule has 0 radical (unpaired) electrons. The van der Waals surface area contributed by atoms with Crippen molar-refractivity contribution >= 4 is 33.5 Å². The molecular weight excluding hydrogens is 312 g/mol. The number of carboxylic acid groups (broad SMARTS) is 1. The van der Waals surface area contributed by atoms with E-state index in [2.05, 4.69) is 21.2 Å². The van der Waals surface area contributed by atoms with Gasteiger partial charge in [0.2, 0.25) is 5.91 Å². The van der Waals surface area contributed by atoms with E-state index in [4.69, 9.17) is 10.8 Å². The molecule has 1 unspecified atom stereocenters. The lowest BCUT2D eigenvalue weighted by Gasteiger charge is -2.11. The lowest BCUT2D eigenvalue weighted by Crippen LogP contribution is -2.28. The second-order valence-corrected chi connectivity index (χ2v) is 5.61. The minimum atomic E-state index is -1.01. The Labute approximate surface area is 119 Å². The highest BCUT2D eigenvalue weighted by Gasteiger charge is 2.29. The summed E-state index contributed by atoms with van der Waals surface area (Å²) in [7, 11) is 0. The van der Waals surface area contributed by atoms with Crippen molar-refractivity contribution in [2.75, 3.05) is 5.32 Å². The van der Waals surface area contributed by atoms with Crippen LogP contribution < -0.4 is 11.1 Å². The molecule has 0 spiro atoms. The lowest BCUT2D eigenvalue weighted by atomic mass is 10.1. The first-order valence-electron chi connectivity index (χ1n) is 6.05. The summed E-state index contributed by atoms with van der Waals surface area (Å²) in [5.41, 5.74) is 6.61. The molecule has 1 aliphatic carbocycles. The SMILES string of the molecule is NC(CC(=O)Nc1ccc(C(=O)O)cc1Br)C1CC1. The lowest BCUT2D eigenvalue weighted by molar-refractivity contribution is -0.116. The minimum absolute atomic E-state index is 0.0860. The Kier molecular flexibility index (Phi) is 4.21. The Hall–Kier alpha value is -1.40. The second-order valence-electron chi connectivity index (χ2n) is 4.75. The molecule has 0 saturated heterocycles. The summed E-state index contributed by atoms with van der Waals surface area (Å²) in [6, 6.07) is 4.38. The van der Waals surface area contributed by atoms with Crippen molar-refractivity contribution in [1.82, 2.24) is 0 Å². The molecule has 1 saturated carbocycles. The zero-order valence-corrected chi connectivity index (χ0v) is 11.8. The number of carboxylic acids is 1. The number of anilines is 1. The van der Waals surface area contributed by atoms with E-state index in [0.717, 1.165) is 12.8 Å². The first kappa shape index (κ1) is 14.0. The number of carbonyl (C=O) groups excluding carboxylic acids is 1. The fourth-order valence-corrected chi connectivity index (χ4v) is 2.33. The number of amides is 1. The van der Waals surface area contributed by atoms with Gasteiger partial charge in [0.15, 0.2) is 0 Å². The molecule has 102 valence electrons. The van der Waals surface area contributed by atoms with E-state index < -0.39 is 5.97 Å². The molecule has 6 heteroatoms. The van der Waals surface area contributed by atoms with Crippen molar-refractivity contribution in [1.29, 1.82) is 0 Å². The maximum Gasteiger partial charge on any atom is 0.335 e. The van der Waals surface area contributed by atoms with Gasteiger partial charge in [-0.15, -0.1) is 0 Å². The van der Waals surface area contributed by atoms with E-state index in [1.165, 1.54) is 12.1 Å². The van der Waals surface area contributed by atoms with Gasteiger partial charge in [-0.1, -0.05) is 0 Å². The maximum atomic E-state index is 11.8. The number of halogens is 1. The summed E-state index contributed by atoms with van der Waals surface area (Å²) in [5, 5.41) is 11.6. The minimum Gasteiger partial charge on any atom is -0.478 e. The van der Waals surface area contributed by atoms with Crippen LogP contribution in [0.5, 0.6) is 0 Å². The Morgan fingerprint density at radius 1 is 1.47 bits per heavy atom. The van der Waals surface area contributed by atoms with Crippen LogP contribution in [0.2, 0.25) is 0 Å². The topological polar surface area (TPSA) is 92.4 Å². The third-order valence-electron chi connectivity index (χ3n) is 3.14. The number of aromatic carboxylic acids is 1. The Morgan fingerprint density at radius 3 is 2.68 bits per heavy atom. The summed E-state index contributed by atoms with van der Waals surface area (Å²) in [6.07, 6.45) is 2.49. The van der Waals surface area contributed by atoms with Crippen LogP contribution in [-0.2, 0) is 4.79 Å². The number of benzene rings is 1. The van der Waals surface area contributed by atoms with Gasteiger partial charge in [-0.2, -0.15) is 0 Å². The molecule has 1 aliphatic rings. The van der Waals surface area contributed by atoms with Crippen LogP contribution in [-0.4, -0.2) is 23.0 Å². The van der Waals surface area contributed by atoms with E-state index in [1.807, 2.05) is 0 Å². The molecule has 0 bridgehead atoms. The van der Waals surface area contributed by atoms with Gasteiger partial charge < -0.3 is 16.2 Å². The molecule has 5 nitrogen and oxygen atoms in total. The van der Waals surface area contributed by atoms with Crippen LogP contribution >= 0.6 is 15.9 Å². The van der Waals surface area contributed by atoms with Crippen molar-refractivity contribution in [2.45, 2.75) is 25.3 Å². The molecule has 19 heavy (non-hydrogen) atoms. The average molecular weight is 327 g/mol. The standard InChI is InChI=1S/C13H15BrN2O3/c14-9-5-8(13(18)19)3-4-11(9)16-12(17)6-10(15)7-1-2-7/h3-5,7,10H,1-2,6,15H2,(H,16,17)(H,18,19). The van der Waals surface area contributed by atoms with E-state index >= 15 is 0 Å². The summed E-state index contributed by atoms with van der Waals surface area (Å²) < 4.78 is 0.542. The third-order valence-corrected chi connectivity index (χ3v) is 3.79. The number of nitrogens with two attached hydrogens (primary N) is 1. The molecule has 2 rings (SSSR count). The Morgan fingerprint density at radius 2 is 2.16 bits per heavy atom. The van der Waals surface area contributed by atoms with Gasteiger partial charge >= 0.3 is 5.97 Å². The molecule has 1 aromatic rings. The number of carbonyl (C=O) groups is 2. The predicted molar refractivity (Wildman–Crippen MR) is 75.0 cm³/mol. The molecule has 0 aromatic heterocycles. The largest absolute Gasteiger partial charge is 0.478 e. The number of nitrogens with one attached hydrogen (secondary N) is 1. The first-order chi connectivity index (χ1) is 8.97. The van der Waals surface area contributed by atoms with Gasteiger partial charge in [0.1, 0.15) is 0 Å². The normalized spacial score (nSPS) is 15.9. The Balaban J connectivity index is 1.98. The van der Waals surface area contributed by atoms with Crippen molar-refractivity contribution in [2.24, 2.45) is 11.7 Å². The number of rotatable bonds is 5. The number of hydrogen-bond donors (Lipinski definition) is 3. The second kappa shape index (κ2) is 5.71. The molecule has 1 fully saturated rings. The third kappa shape index (κ3) is 3.78. The summed E-state index contributed by atoms with van der Waals surface area (Å²) in [5.74, 6) is -0.680. The van der Waals surface area contributed by atoms with E-state index in [0.29, 0.717) is 16.1 Å². The van der Waals surface area contributed by atoms with Gasteiger partial charge in [-0.3, -0.25) is 4.79 Å². The van der Waals surface area contributed by atoms with E-state index in [1.54, 1.807) is 6.07 Å². The average Bonchev–Trinajstić information content (AvgIpc) is 3.15. The molecule has 1 aromatic carbocycles. The van der Waals surface area contributed by atoms with Crippen molar-refractivity contribution in [3.8, 4) is 0 Å². The highest BCUT2D eigenvalue weighted by Crippen LogP contribution is 2.33. The zero-order chi connectivity index (χ0) is 14.0. The van der Waals surface area contributed by atoms with Gasteiger partial charge in [0.05, 0.1) is 11.3 Å². The quantitative estimate of drug-likeness (QED) is 0.773. The zero-order valence-electron chi connectivity index (χ0n) is 10.2. The van der Waals surface area contributed by atoms with Crippen molar-refractivity contribution in [3.63, 3.8) is 0 Å². The Bertz CT molecular complexity index is 515. The predicted octanol–water partition coefficient (Wildman–Crippen LogP) is 2.21. The van der Waals surface area contributed by atoms with E-state index in [9.17, 15) is 9.59 Å². The van der Waals surface area contributed by atoms with Gasteiger partial charge in [-0.05, 0) is 52.9 Å². The van der Waals surface area contributed by atoms with Gasteiger partial charge in [-0.25, -0.2) is 4.79 Å². The molecule has 0 heterocycles. The van der Waals surface area contributed by atoms with Crippen LogP contribution in [0, 0.1) is 5.92 Å². The van der Waals surface area contributed by atoms with Gasteiger partial charge in [0, 0.05) is 16.9 Å². The van der Waals surface area contributed by atoms with Gasteiger partial charge in [0.25, 0.3) is 0 Å². The first-order valence-corrected chi connectivity index (χ1v) is 6.85. The van der Waals surface area contributed by atoms with Crippen LogP contribution in [0.25, 0.3) is 0 Å².